The summed E-state index contributed by atoms with van der Waals surface area (Å²) in [5, 5.41) is 2.69. The van der Waals surface area contributed by atoms with Crippen molar-refractivity contribution in [2.45, 2.75) is 11.4 Å². The van der Waals surface area contributed by atoms with Gasteiger partial charge in [0.1, 0.15) is 5.75 Å². The second-order valence-electron chi connectivity index (χ2n) is 6.42. The number of nitrogens with zero attached hydrogens (tertiary/aromatic N) is 1. The van der Waals surface area contributed by atoms with Crippen LogP contribution in [0.2, 0.25) is 0 Å². The van der Waals surface area contributed by atoms with Gasteiger partial charge in [0.05, 0.1) is 4.90 Å². The summed E-state index contributed by atoms with van der Waals surface area (Å²) in [6.45, 7) is 0.141. The van der Waals surface area contributed by atoms with E-state index >= 15 is 0 Å². The Morgan fingerprint density at radius 3 is 2.10 bits per heavy atom. The first-order chi connectivity index (χ1) is 13.9. The second kappa shape index (κ2) is 9.36. The highest BCUT2D eigenvalue weighted by atomic mass is 32.2. The Morgan fingerprint density at radius 2 is 1.48 bits per heavy atom. The number of carbonyl (C=O) groups is 1. The number of nitrogens with one attached hydrogen (secondary N) is 1. The molecule has 0 radical (unpaired) electrons. The zero-order valence-electron chi connectivity index (χ0n) is 16.0. The van der Waals surface area contributed by atoms with Crippen LogP contribution in [-0.4, -0.2) is 32.3 Å². The smallest absolute Gasteiger partial charge is 0.262 e. The van der Waals surface area contributed by atoms with Crippen LogP contribution in [0.5, 0.6) is 5.75 Å². The van der Waals surface area contributed by atoms with Crippen molar-refractivity contribution < 1.29 is 17.9 Å². The molecule has 1 N–H and O–H groups in total. The molecule has 0 aliphatic rings. The zero-order chi connectivity index (χ0) is 20.7. The molecule has 7 heteroatoms. The maximum absolute atomic E-state index is 12.7. The first kappa shape index (κ1) is 20.6. The van der Waals surface area contributed by atoms with E-state index in [-0.39, 0.29) is 24.0 Å². The minimum absolute atomic E-state index is 0.135. The van der Waals surface area contributed by atoms with Crippen molar-refractivity contribution in [3.8, 4) is 5.75 Å². The molecular weight excluding hydrogens is 388 g/mol. The Labute approximate surface area is 170 Å². The van der Waals surface area contributed by atoms with E-state index in [0.717, 1.165) is 5.56 Å². The predicted molar refractivity (Wildman–Crippen MR) is 112 cm³/mol. The molecule has 6 nitrogen and oxygen atoms in total. The van der Waals surface area contributed by atoms with Gasteiger partial charge in [0.2, 0.25) is 10.0 Å². The molecule has 0 atom stereocenters. The Hall–Kier alpha value is -3.16. The number of rotatable bonds is 8. The average molecular weight is 410 g/mol. The maximum atomic E-state index is 12.7. The highest BCUT2D eigenvalue weighted by Gasteiger charge is 2.20. The zero-order valence-corrected chi connectivity index (χ0v) is 16.8. The fraction of sp³-hybridized carbons (Fsp3) is 0.136. The van der Waals surface area contributed by atoms with Gasteiger partial charge in [-0.3, -0.25) is 4.79 Å². The number of hydrogen-bond acceptors (Lipinski definition) is 4. The summed E-state index contributed by atoms with van der Waals surface area (Å²) in [7, 11) is -2.09. The van der Waals surface area contributed by atoms with Crippen molar-refractivity contribution in [1.29, 1.82) is 0 Å². The third-order valence-electron chi connectivity index (χ3n) is 4.21. The number of sulfonamides is 1. The normalized spacial score (nSPS) is 11.2. The van der Waals surface area contributed by atoms with Gasteiger partial charge in [-0.1, -0.05) is 48.5 Å². The molecule has 0 aliphatic carbocycles. The van der Waals surface area contributed by atoms with Gasteiger partial charge in [0.25, 0.3) is 5.91 Å². The molecule has 29 heavy (non-hydrogen) atoms. The third-order valence-corrected chi connectivity index (χ3v) is 6.03. The van der Waals surface area contributed by atoms with E-state index in [0.29, 0.717) is 11.4 Å². The Bertz CT molecular complexity index is 1040. The monoisotopic (exact) mass is 410 g/mol. The first-order valence-electron chi connectivity index (χ1n) is 9.03. The summed E-state index contributed by atoms with van der Waals surface area (Å²) in [6, 6.07) is 24.5. The predicted octanol–water partition coefficient (Wildman–Crippen LogP) is 3.52. The maximum Gasteiger partial charge on any atom is 0.262 e. The van der Waals surface area contributed by atoms with Gasteiger partial charge in [0, 0.05) is 19.3 Å². The van der Waals surface area contributed by atoms with Crippen molar-refractivity contribution in [2.24, 2.45) is 0 Å². The van der Waals surface area contributed by atoms with Gasteiger partial charge < -0.3 is 10.1 Å². The van der Waals surface area contributed by atoms with Crippen molar-refractivity contribution in [3.05, 3.63) is 90.5 Å². The molecule has 0 bridgehead atoms. The first-order valence-corrected chi connectivity index (χ1v) is 10.5. The number of amides is 1. The van der Waals surface area contributed by atoms with E-state index in [1.54, 1.807) is 31.3 Å². The van der Waals surface area contributed by atoms with Gasteiger partial charge in [-0.25, -0.2) is 8.42 Å². The molecule has 0 unspecified atom stereocenters. The number of benzene rings is 3. The average Bonchev–Trinajstić information content (AvgIpc) is 2.74. The van der Waals surface area contributed by atoms with Crippen LogP contribution in [0.25, 0.3) is 0 Å². The van der Waals surface area contributed by atoms with Crippen LogP contribution in [0.3, 0.4) is 0 Å². The van der Waals surface area contributed by atoms with Gasteiger partial charge in [0.15, 0.2) is 6.61 Å². The van der Waals surface area contributed by atoms with Crippen molar-refractivity contribution in [2.75, 3.05) is 19.0 Å². The second-order valence-corrected chi connectivity index (χ2v) is 8.47. The molecule has 0 aliphatic heterocycles. The molecule has 3 rings (SSSR count). The van der Waals surface area contributed by atoms with E-state index < -0.39 is 10.0 Å². The fourth-order valence-electron chi connectivity index (χ4n) is 2.68. The Balaban J connectivity index is 1.59. The van der Waals surface area contributed by atoms with E-state index in [2.05, 4.69) is 5.32 Å². The van der Waals surface area contributed by atoms with E-state index in [4.69, 9.17) is 4.74 Å². The molecular formula is C22H22N2O4S. The number of para-hydroxylation sites is 1. The molecule has 3 aromatic carbocycles. The van der Waals surface area contributed by atoms with Crippen LogP contribution < -0.4 is 10.1 Å². The SMILES string of the molecule is CN(Cc1ccccc1)S(=O)(=O)c1ccc(NC(=O)COc2ccccc2)cc1. The lowest BCUT2D eigenvalue weighted by Crippen LogP contribution is -2.26. The largest absolute Gasteiger partial charge is 0.484 e. The molecule has 0 fully saturated rings. The van der Waals surface area contributed by atoms with E-state index in [1.807, 2.05) is 48.5 Å². The van der Waals surface area contributed by atoms with E-state index in [9.17, 15) is 13.2 Å². The molecule has 3 aromatic rings. The van der Waals surface area contributed by atoms with Crippen LogP contribution >= 0.6 is 0 Å². The van der Waals surface area contributed by atoms with Crippen molar-refractivity contribution >= 4 is 21.6 Å². The minimum atomic E-state index is -3.63. The molecule has 0 spiro atoms. The van der Waals surface area contributed by atoms with Gasteiger partial charge in [-0.15, -0.1) is 0 Å². The molecule has 150 valence electrons. The number of ether oxygens (including phenoxy) is 1. The van der Waals surface area contributed by atoms with Crippen LogP contribution in [0.1, 0.15) is 5.56 Å². The molecule has 0 saturated heterocycles. The summed E-state index contributed by atoms with van der Waals surface area (Å²) < 4.78 is 32.2. The van der Waals surface area contributed by atoms with E-state index in [1.165, 1.54) is 16.4 Å². The number of anilines is 1. The number of hydrogen-bond donors (Lipinski definition) is 1. The standard InChI is InChI=1S/C22H22N2O4S/c1-24(16-18-8-4-2-5-9-18)29(26,27)21-14-12-19(13-15-21)23-22(25)17-28-20-10-6-3-7-11-20/h2-15H,16-17H2,1H3,(H,23,25). The van der Waals surface area contributed by atoms with Crippen LogP contribution in [0.15, 0.2) is 89.8 Å². The lowest BCUT2D eigenvalue weighted by atomic mass is 10.2. The van der Waals surface area contributed by atoms with Gasteiger partial charge in [-0.05, 0) is 42.0 Å². The molecule has 0 heterocycles. The summed E-state index contributed by atoms with van der Waals surface area (Å²) in [5.74, 6) is 0.274. The van der Waals surface area contributed by atoms with Crippen molar-refractivity contribution in [3.63, 3.8) is 0 Å². The molecule has 0 saturated carbocycles. The molecule has 0 aromatic heterocycles. The van der Waals surface area contributed by atoms with Crippen molar-refractivity contribution in [1.82, 2.24) is 4.31 Å². The summed E-state index contributed by atoms with van der Waals surface area (Å²) >= 11 is 0. The quantitative estimate of drug-likeness (QED) is 0.616. The fourth-order valence-corrected chi connectivity index (χ4v) is 3.84. The van der Waals surface area contributed by atoms with Crippen LogP contribution in [0.4, 0.5) is 5.69 Å². The van der Waals surface area contributed by atoms with Crippen LogP contribution in [-0.2, 0) is 21.4 Å². The summed E-state index contributed by atoms with van der Waals surface area (Å²) in [5.41, 5.74) is 1.40. The van der Waals surface area contributed by atoms with Crippen LogP contribution in [0, 0.1) is 0 Å². The topological polar surface area (TPSA) is 75.7 Å². The lowest BCUT2D eigenvalue weighted by molar-refractivity contribution is -0.118. The summed E-state index contributed by atoms with van der Waals surface area (Å²) in [6.07, 6.45) is 0. The highest BCUT2D eigenvalue weighted by Crippen LogP contribution is 2.19. The number of carbonyl (C=O) groups excluding carboxylic acids is 1. The lowest BCUT2D eigenvalue weighted by Gasteiger charge is -2.17. The third kappa shape index (κ3) is 5.66. The van der Waals surface area contributed by atoms with Gasteiger partial charge in [-0.2, -0.15) is 4.31 Å². The Kier molecular flexibility index (Phi) is 6.64. The van der Waals surface area contributed by atoms with Gasteiger partial charge >= 0.3 is 0 Å². The highest BCUT2D eigenvalue weighted by molar-refractivity contribution is 7.89. The summed E-state index contributed by atoms with van der Waals surface area (Å²) in [4.78, 5) is 12.2. The minimum Gasteiger partial charge on any atom is -0.484 e. The molecule has 1 amide bonds. The Morgan fingerprint density at radius 1 is 0.897 bits per heavy atom.